The first-order valence-corrected chi connectivity index (χ1v) is 6.37. The summed E-state index contributed by atoms with van der Waals surface area (Å²) in [6.45, 7) is 0. The van der Waals surface area contributed by atoms with E-state index in [2.05, 4.69) is 50.2 Å². The van der Waals surface area contributed by atoms with Crippen molar-refractivity contribution in [2.75, 3.05) is 0 Å². The van der Waals surface area contributed by atoms with E-state index in [0.29, 0.717) is 5.02 Å². The molecule has 2 aromatic rings. The van der Waals surface area contributed by atoms with Gasteiger partial charge >= 0.3 is 0 Å². The Labute approximate surface area is 114 Å². The number of hydrogen-bond acceptors (Lipinski definition) is 1. The van der Waals surface area contributed by atoms with Crippen molar-refractivity contribution in [3.05, 3.63) is 42.9 Å². The van der Waals surface area contributed by atoms with Gasteiger partial charge in [-0.1, -0.05) is 11.6 Å². The molecule has 2 aromatic heterocycles. The minimum absolute atomic E-state index is 0.664. The molecule has 0 radical (unpaired) electrons. The summed E-state index contributed by atoms with van der Waals surface area (Å²) in [6, 6.07) is 5.70. The van der Waals surface area contributed by atoms with Gasteiger partial charge in [-0.05, 0) is 63.4 Å². The summed E-state index contributed by atoms with van der Waals surface area (Å²) in [6.07, 6.45) is 3.71. The Bertz CT molecular complexity index is 468. The Morgan fingerprint density at radius 3 is 2.64 bits per heavy atom. The van der Waals surface area contributed by atoms with Crippen LogP contribution in [0.2, 0.25) is 5.02 Å². The van der Waals surface area contributed by atoms with E-state index in [-0.39, 0.29) is 0 Å². The fourth-order valence-corrected chi connectivity index (χ4v) is 2.31. The van der Waals surface area contributed by atoms with Crippen molar-refractivity contribution in [2.24, 2.45) is 0 Å². The summed E-state index contributed by atoms with van der Waals surface area (Å²) in [5, 5.41) is 0.664. The topological polar surface area (TPSA) is 17.8 Å². The monoisotopic (exact) mass is 430 g/mol. The number of hydrogen-bond donors (Lipinski definition) is 0. The molecule has 5 heteroatoms. The van der Waals surface area contributed by atoms with E-state index in [1.807, 2.05) is 29.0 Å². The zero-order valence-electron chi connectivity index (χ0n) is 6.92. The van der Waals surface area contributed by atoms with Crippen molar-refractivity contribution in [3.63, 3.8) is 0 Å². The highest BCUT2D eigenvalue weighted by Crippen LogP contribution is 2.23. The van der Waals surface area contributed by atoms with Gasteiger partial charge in [0.2, 0.25) is 0 Å². The lowest BCUT2D eigenvalue weighted by molar-refractivity contribution is 0.979. The Balaban J connectivity index is 2.60. The standard InChI is InChI=1S/C9H5ClI2N2/c10-6-2-1-4-13-9(6)14-5-3-7(11)8(14)12/h1-5H. The Morgan fingerprint density at radius 1 is 1.29 bits per heavy atom. The molecule has 0 aliphatic heterocycles. The minimum atomic E-state index is 0.664. The van der Waals surface area contributed by atoms with Crippen LogP contribution in [0.25, 0.3) is 5.82 Å². The molecule has 0 unspecified atom stereocenters. The van der Waals surface area contributed by atoms with Gasteiger partial charge < -0.3 is 0 Å². The molecular weight excluding hydrogens is 425 g/mol. The van der Waals surface area contributed by atoms with Crippen LogP contribution in [0.4, 0.5) is 0 Å². The SMILES string of the molecule is Clc1cccnc1-n1ccc(I)c1I. The summed E-state index contributed by atoms with van der Waals surface area (Å²) in [5.41, 5.74) is 0. The normalized spacial score (nSPS) is 10.5. The number of halogens is 3. The molecule has 0 aromatic carbocycles. The van der Waals surface area contributed by atoms with Crippen LogP contribution >= 0.6 is 56.8 Å². The average molecular weight is 430 g/mol. The smallest absolute Gasteiger partial charge is 0.156 e. The number of aromatic nitrogens is 2. The van der Waals surface area contributed by atoms with Gasteiger partial charge in [-0.2, -0.15) is 0 Å². The second kappa shape index (κ2) is 4.36. The maximum atomic E-state index is 6.05. The van der Waals surface area contributed by atoms with E-state index in [4.69, 9.17) is 11.6 Å². The van der Waals surface area contributed by atoms with Gasteiger partial charge in [0.1, 0.15) is 0 Å². The second-order valence-corrected chi connectivity index (χ2v) is 5.22. The summed E-state index contributed by atoms with van der Waals surface area (Å²) in [7, 11) is 0. The summed E-state index contributed by atoms with van der Waals surface area (Å²) in [4.78, 5) is 4.25. The molecule has 0 saturated heterocycles. The predicted octanol–water partition coefficient (Wildman–Crippen LogP) is 3.73. The fourth-order valence-electron chi connectivity index (χ4n) is 1.11. The Morgan fingerprint density at radius 2 is 2.07 bits per heavy atom. The molecule has 0 aliphatic rings. The van der Waals surface area contributed by atoms with Crippen LogP contribution in [0.1, 0.15) is 0 Å². The van der Waals surface area contributed by atoms with Crippen LogP contribution in [-0.4, -0.2) is 9.55 Å². The quantitative estimate of drug-likeness (QED) is 0.631. The molecule has 2 nitrogen and oxygen atoms in total. The maximum Gasteiger partial charge on any atom is 0.156 e. The van der Waals surface area contributed by atoms with E-state index in [0.717, 1.165) is 9.52 Å². The highest BCUT2D eigenvalue weighted by molar-refractivity contribution is 14.1. The van der Waals surface area contributed by atoms with Gasteiger partial charge in [-0.25, -0.2) is 4.98 Å². The number of pyridine rings is 1. The third kappa shape index (κ3) is 1.92. The summed E-state index contributed by atoms with van der Waals surface area (Å²) >= 11 is 10.6. The Hall–Kier alpha value is 0.180. The van der Waals surface area contributed by atoms with E-state index in [9.17, 15) is 0 Å². The van der Waals surface area contributed by atoms with Gasteiger partial charge in [0.15, 0.2) is 5.82 Å². The van der Waals surface area contributed by atoms with E-state index >= 15 is 0 Å². The summed E-state index contributed by atoms with van der Waals surface area (Å²) < 4.78 is 4.30. The van der Waals surface area contributed by atoms with Gasteiger partial charge in [0, 0.05) is 16.0 Å². The van der Waals surface area contributed by atoms with E-state index in [1.54, 1.807) is 6.20 Å². The van der Waals surface area contributed by atoms with E-state index < -0.39 is 0 Å². The van der Waals surface area contributed by atoms with Crippen molar-refractivity contribution >= 4 is 56.8 Å². The van der Waals surface area contributed by atoms with Crippen LogP contribution in [0.5, 0.6) is 0 Å². The lowest BCUT2D eigenvalue weighted by Crippen LogP contribution is -1.98. The van der Waals surface area contributed by atoms with Gasteiger partial charge in [0.05, 0.1) is 8.72 Å². The van der Waals surface area contributed by atoms with Crippen LogP contribution in [0, 0.1) is 7.27 Å². The van der Waals surface area contributed by atoms with Crippen LogP contribution in [0.15, 0.2) is 30.6 Å². The van der Waals surface area contributed by atoms with Crippen molar-refractivity contribution in [2.45, 2.75) is 0 Å². The molecule has 2 heterocycles. The molecule has 14 heavy (non-hydrogen) atoms. The summed E-state index contributed by atoms with van der Waals surface area (Å²) in [5.74, 6) is 0.779. The number of rotatable bonds is 1. The van der Waals surface area contributed by atoms with Gasteiger partial charge in [-0.3, -0.25) is 4.57 Å². The molecule has 0 fully saturated rings. The highest BCUT2D eigenvalue weighted by Gasteiger charge is 2.08. The highest BCUT2D eigenvalue weighted by atomic mass is 127. The van der Waals surface area contributed by atoms with Crippen molar-refractivity contribution in [1.82, 2.24) is 9.55 Å². The van der Waals surface area contributed by atoms with Crippen molar-refractivity contribution in [1.29, 1.82) is 0 Å². The van der Waals surface area contributed by atoms with Gasteiger partial charge in [0.25, 0.3) is 0 Å². The molecule has 2 rings (SSSR count). The molecule has 0 amide bonds. The van der Waals surface area contributed by atoms with E-state index in [1.165, 1.54) is 3.57 Å². The fraction of sp³-hybridized carbons (Fsp3) is 0. The first-order valence-electron chi connectivity index (χ1n) is 3.83. The molecule has 0 aliphatic carbocycles. The van der Waals surface area contributed by atoms with Crippen molar-refractivity contribution in [3.8, 4) is 5.82 Å². The number of nitrogens with zero attached hydrogens (tertiary/aromatic N) is 2. The average Bonchev–Trinajstić information content (AvgIpc) is 2.49. The third-order valence-corrected chi connectivity index (χ3v) is 5.04. The molecule has 0 spiro atoms. The minimum Gasteiger partial charge on any atom is -0.294 e. The van der Waals surface area contributed by atoms with Gasteiger partial charge in [-0.15, -0.1) is 0 Å². The zero-order chi connectivity index (χ0) is 10.1. The van der Waals surface area contributed by atoms with Crippen molar-refractivity contribution < 1.29 is 0 Å². The molecule has 0 atom stereocenters. The largest absolute Gasteiger partial charge is 0.294 e. The molecular formula is C9H5ClI2N2. The first kappa shape index (κ1) is 10.7. The molecule has 0 saturated carbocycles. The third-order valence-electron chi connectivity index (χ3n) is 1.75. The molecule has 0 bridgehead atoms. The zero-order valence-corrected chi connectivity index (χ0v) is 12.0. The Kier molecular flexibility index (Phi) is 3.33. The van der Waals surface area contributed by atoms with Crippen LogP contribution < -0.4 is 0 Å². The maximum absolute atomic E-state index is 6.05. The second-order valence-electron chi connectivity index (χ2n) is 2.63. The molecule has 0 N–H and O–H groups in total. The first-order chi connectivity index (χ1) is 6.70. The predicted molar refractivity (Wildman–Crippen MR) is 74.0 cm³/mol. The van der Waals surface area contributed by atoms with Crippen LogP contribution in [-0.2, 0) is 0 Å². The lowest BCUT2D eigenvalue weighted by Gasteiger charge is -2.05. The van der Waals surface area contributed by atoms with Crippen LogP contribution in [0.3, 0.4) is 0 Å². The lowest BCUT2D eigenvalue weighted by atomic mass is 10.4. The molecule has 72 valence electrons.